The Kier molecular flexibility index (Phi) is 5.71. The van der Waals surface area contributed by atoms with Gasteiger partial charge in [0.2, 0.25) is 0 Å². The van der Waals surface area contributed by atoms with Crippen LogP contribution < -0.4 is 5.32 Å². The van der Waals surface area contributed by atoms with Crippen LogP contribution in [0.3, 0.4) is 0 Å². The van der Waals surface area contributed by atoms with Crippen molar-refractivity contribution in [2.75, 3.05) is 26.2 Å². The summed E-state index contributed by atoms with van der Waals surface area (Å²) in [6.45, 7) is 8.10. The predicted molar refractivity (Wildman–Crippen MR) is 96.1 cm³/mol. The minimum absolute atomic E-state index is 0.0218. The fourth-order valence-electron chi connectivity index (χ4n) is 3.12. The molecule has 6 nitrogen and oxygen atoms in total. The van der Waals surface area contributed by atoms with Gasteiger partial charge in [0, 0.05) is 38.8 Å². The van der Waals surface area contributed by atoms with Crippen molar-refractivity contribution >= 4 is 6.03 Å². The van der Waals surface area contributed by atoms with Gasteiger partial charge in [0.25, 0.3) is 0 Å². The van der Waals surface area contributed by atoms with Gasteiger partial charge in [0.15, 0.2) is 0 Å². The Labute approximate surface area is 148 Å². The summed E-state index contributed by atoms with van der Waals surface area (Å²) in [7, 11) is 0. The zero-order valence-corrected chi connectivity index (χ0v) is 14.9. The molecule has 2 aromatic rings. The molecule has 1 aromatic heterocycles. The van der Waals surface area contributed by atoms with Crippen LogP contribution in [0.5, 0.6) is 0 Å². The van der Waals surface area contributed by atoms with E-state index in [4.69, 9.17) is 4.52 Å². The normalized spacial score (nSPS) is 16.6. The molecular weight excluding hydrogens is 316 g/mol. The summed E-state index contributed by atoms with van der Waals surface area (Å²) >= 11 is 0. The Morgan fingerprint density at radius 2 is 1.92 bits per heavy atom. The first-order chi connectivity index (χ1) is 12.2. The number of aryl methyl sites for hydroxylation is 1. The third-order valence-electron chi connectivity index (χ3n) is 4.72. The van der Waals surface area contributed by atoms with Gasteiger partial charge >= 0.3 is 6.03 Å². The number of piperazine rings is 1. The van der Waals surface area contributed by atoms with E-state index in [9.17, 15) is 4.79 Å². The number of nitrogens with one attached hydrogen (secondary N) is 1. The molecule has 1 saturated heterocycles. The summed E-state index contributed by atoms with van der Waals surface area (Å²) in [4.78, 5) is 16.8. The minimum atomic E-state index is 0.0218. The maximum absolute atomic E-state index is 12.6. The molecule has 0 aliphatic carbocycles. The van der Waals surface area contributed by atoms with E-state index < -0.39 is 0 Å². The summed E-state index contributed by atoms with van der Waals surface area (Å²) in [5.41, 5.74) is 3.32. The van der Waals surface area contributed by atoms with Crippen LogP contribution >= 0.6 is 0 Å². The van der Waals surface area contributed by atoms with E-state index in [-0.39, 0.29) is 12.1 Å². The highest BCUT2D eigenvalue weighted by atomic mass is 16.5. The molecule has 1 fully saturated rings. The Balaban J connectivity index is 1.50. The lowest BCUT2D eigenvalue weighted by Crippen LogP contribution is -2.51. The molecule has 1 aromatic carbocycles. The summed E-state index contributed by atoms with van der Waals surface area (Å²) in [6, 6.07) is 10.3. The topological polar surface area (TPSA) is 61.6 Å². The van der Waals surface area contributed by atoms with E-state index in [0.717, 1.165) is 50.4 Å². The number of rotatable bonds is 5. The van der Waals surface area contributed by atoms with E-state index in [1.807, 2.05) is 11.0 Å². The monoisotopic (exact) mass is 342 g/mol. The van der Waals surface area contributed by atoms with Crippen molar-refractivity contribution in [1.29, 1.82) is 0 Å². The van der Waals surface area contributed by atoms with E-state index in [2.05, 4.69) is 53.5 Å². The van der Waals surface area contributed by atoms with Gasteiger partial charge in [-0.15, -0.1) is 0 Å². The molecule has 134 valence electrons. The average Bonchev–Trinajstić information content (AvgIpc) is 3.14. The smallest absolute Gasteiger partial charge is 0.317 e. The number of nitrogens with zero attached hydrogens (tertiary/aromatic N) is 3. The van der Waals surface area contributed by atoms with Gasteiger partial charge in [-0.3, -0.25) is 4.90 Å². The number of carbonyl (C=O) groups is 1. The number of benzene rings is 1. The number of aromatic nitrogens is 1. The average molecular weight is 342 g/mol. The van der Waals surface area contributed by atoms with Gasteiger partial charge in [-0.1, -0.05) is 41.9 Å². The maximum Gasteiger partial charge on any atom is 0.317 e. The van der Waals surface area contributed by atoms with Crippen molar-refractivity contribution in [1.82, 2.24) is 20.3 Å². The molecule has 2 heterocycles. The number of carbonyl (C=O) groups excluding carboxylic acids is 1. The van der Waals surface area contributed by atoms with Gasteiger partial charge < -0.3 is 14.7 Å². The molecule has 25 heavy (non-hydrogen) atoms. The molecule has 0 radical (unpaired) electrons. The van der Waals surface area contributed by atoms with Crippen molar-refractivity contribution in [2.24, 2.45) is 0 Å². The molecule has 1 aliphatic heterocycles. The van der Waals surface area contributed by atoms with Crippen LogP contribution in [0.2, 0.25) is 0 Å². The van der Waals surface area contributed by atoms with E-state index in [1.165, 1.54) is 5.56 Å². The van der Waals surface area contributed by atoms with Crippen LogP contribution in [0.15, 0.2) is 41.1 Å². The Morgan fingerprint density at radius 1 is 1.20 bits per heavy atom. The van der Waals surface area contributed by atoms with Crippen LogP contribution in [-0.2, 0) is 6.54 Å². The van der Waals surface area contributed by atoms with Crippen molar-refractivity contribution in [3.63, 3.8) is 0 Å². The molecule has 0 bridgehead atoms. The Hall–Kier alpha value is -2.34. The van der Waals surface area contributed by atoms with Crippen molar-refractivity contribution < 1.29 is 9.32 Å². The van der Waals surface area contributed by atoms with Crippen LogP contribution in [0.4, 0.5) is 4.79 Å². The molecule has 2 amide bonds. The third-order valence-corrected chi connectivity index (χ3v) is 4.72. The zero-order chi connectivity index (χ0) is 17.6. The number of hydrogen-bond acceptors (Lipinski definition) is 4. The first-order valence-corrected chi connectivity index (χ1v) is 8.89. The second kappa shape index (κ2) is 8.16. The van der Waals surface area contributed by atoms with E-state index in [0.29, 0.717) is 0 Å². The first-order valence-electron chi connectivity index (χ1n) is 8.89. The van der Waals surface area contributed by atoms with Crippen molar-refractivity contribution in [2.45, 2.75) is 32.9 Å². The molecule has 6 heteroatoms. The Morgan fingerprint density at radius 3 is 2.52 bits per heavy atom. The standard InChI is InChI=1S/C19H26N4O2/c1-3-18(16-6-4-15(2)5-7-16)20-19(24)23-11-9-22(10-12-23)14-17-8-13-25-21-17/h4-8,13,18H,3,9-12,14H2,1-2H3,(H,20,24)/t18-/m0/s1. The molecule has 0 spiro atoms. The minimum Gasteiger partial charge on any atom is -0.364 e. The van der Waals surface area contributed by atoms with E-state index in [1.54, 1.807) is 6.26 Å². The van der Waals surface area contributed by atoms with Crippen LogP contribution in [0.25, 0.3) is 0 Å². The molecule has 3 rings (SSSR count). The van der Waals surface area contributed by atoms with Crippen molar-refractivity contribution in [3.05, 3.63) is 53.4 Å². The zero-order valence-electron chi connectivity index (χ0n) is 14.9. The van der Waals surface area contributed by atoms with Gasteiger partial charge in [-0.05, 0) is 18.9 Å². The number of urea groups is 1. The summed E-state index contributed by atoms with van der Waals surface area (Å²) in [5.74, 6) is 0. The fraction of sp³-hybridized carbons (Fsp3) is 0.474. The predicted octanol–water partition coefficient (Wildman–Crippen LogP) is 2.96. The quantitative estimate of drug-likeness (QED) is 0.907. The molecule has 1 atom stereocenters. The van der Waals surface area contributed by atoms with E-state index >= 15 is 0 Å². The highest BCUT2D eigenvalue weighted by Crippen LogP contribution is 2.18. The molecule has 1 aliphatic rings. The molecule has 0 saturated carbocycles. The number of hydrogen-bond donors (Lipinski definition) is 1. The molecule has 1 N–H and O–H groups in total. The molecule has 0 unspecified atom stereocenters. The van der Waals surface area contributed by atoms with Gasteiger partial charge in [-0.2, -0.15) is 0 Å². The second-order valence-electron chi connectivity index (χ2n) is 6.57. The van der Waals surface area contributed by atoms with Gasteiger partial charge in [0.05, 0.1) is 11.7 Å². The SMILES string of the molecule is CC[C@H](NC(=O)N1CCN(Cc2ccon2)CC1)c1ccc(C)cc1. The highest BCUT2D eigenvalue weighted by molar-refractivity contribution is 5.74. The van der Waals surface area contributed by atoms with Gasteiger partial charge in [-0.25, -0.2) is 4.79 Å². The third kappa shape index (κ3) is 4.60. The van der Waals surface area contributed by atoms with Crippen LogP contribution in [0, 0.1) is 6.92 Å². The second-order valence-corrected chi connectivity index (χ2v) is 6.57. The summed E-state index contributed by atoms with van der Waals surface area (Å²) in [5, 5.41) is 7.12. The van der Waals surface area contributed by atoms with Crippen molar-refractivity contribution in [3.8, 4) is 0 Å². The maximum atomic E-state index is 12.6. The summed E-state index contributed by atoms with van der Waals surface area (Å²) in [6.07, 6.45) is 2.47. The lowest BCUT2D eigenvalue weighted by atomic mass is 10.0. The summed E-state index contributed by atoms with van der Waals surface area (Å²) < 4.78 is 4.87. The fourth-order valence-corrected chi connectivity index (χ4v) is 3.12. The Bertz CT molecular complexity index is 661. The largest absolute Gasteiger partial charge is 0.364 e. The lowest BCUT2D eigenvalue weighted by molar-refractivity contribution is 0.131. The number of amides is 2. The van der Waals surface area contributed by atoms with Crippen LogP contribution in [0.1, 0.15) is 36.2 Å². The van der Waals surface area contributed by atoms with Gasteiger partial charge in [0.1, 0.15) is 6.26 Å². The highest BCUT2D eigenvalue weighted by Gasteiger charge is 2.23. The molecular formula is C19H26N4O2. The first kappa shape index (κ1) is 17.5. The lowest BCUT2D eigenvalue weighted by Gasteiger charge is -2.35. The van der Waals surface area contributed by atoms with Crippen LogP contribution in [-0.4, -0.2) is 47.2 Å².